The first-order valence-corrected chi connectivity index (χ1v) is 3.99. The van der Waals surface area contributed by atoms with Crippen molar-refractivity contribution in [2.45, 2.75) is 0 Å². The zero-order chi connectivity index (χ0) is 8.39. The van der Waals surface area contributed by atoms with E-state index in [0.717, 1.165) is 5.69 Å². The number of benzene rings is 1. The van der Waals surface area contributed by atoms with E-state index in [1.165, 1.54) is 4.90 Å². The van der Waals surface area contributed by atoms with Crippen molar-refractivity contribution < 1.29 is 9.48 Å². The van der Waals surface area contributed by atoms with Gasteiger partial charge in [-0.3, -0.25) is 9.48 Å². The summed E-state index contributed by atoms with van der Waals surface area (Å²) in [5, 5.41) is 0. The molecule has 1 atom stereocenters. The molecule has 0 aromatic heterocycles. The van der Waals surface area contributed by atoms with Crippen LogP contribution in [0.4, 0.5) is 5.69 Å². The van der Waals surface area contributed by atoms with Gasteiger partial charge in [-0.1, -0.05) is 18.2 Å². The molecule has 0 aliphatic carbocycles. The number of rotatable bonds is 1. The fourth-order valence-electron chi connectivity index (χ4n) is 1.19. The molecule has 1 unspecified atom stereocenters. The number of hydrogen-bond acceptors (Lipinski definition) is 0. The molecular weight excluding hydrogens is 148 g/mol. The molecule has 12 heavy (non-hydrogen) atoms. The number of hydrogen-bond donors (Lipinski definition) is 1. The van der Waals surface area contributed by atoms with Gasteiger partial charge in [-0.2, -0.15) is 0 Å². The van der Waals surface area contributed by atoms with Crippen LogP contribution in [0.25, 0.3) is 0 Å². The standard InChI is InChI=1S/C10H11N2/c1-11-7-8-12(9-11)10-5-3-2-4-6-10/h2-8,11H,1H3/q+1. The largest absolute Gasteiger partial charge is 0.349 e. The van der Waals surface area contributed by atoms with E-state index in [9.17, 15) is 0 Å². The summed E-state index contributed by atoms with van der Waals surface area (Å²) in [4.78, 5) is 1.17. The molecule has 0 saturated heterocycles. The van der Waals surface area contributed by atoms with Crippen LogP contribution in [-0.4, -0.2) is 18.0 Å². The van der Waals surface area contributed by atoms with Gasteiger partial charge in [0.15, 0.2) is 0 Å². The summed E-state index contributed by atoms with van der Waals surface area (Å²) in [6, 6.07) is 10.2. The third-order valence-corrected chi connectivity index (χ3v) is 1.80. The van der Waals surface area contributed by atoms with Crippen molar-refractivity contribution in [2.24, 2.45) is 0 Å². The van der Waals surface area contributed by atoms with Gasteiger partial charge in [0.1, 0.15) is 18.1 Å². The summed E-state index contributed by atoms with van der Waals surface area (Å²) >= 11 is 0. The van der Waals surface area contributed by atoms with Crippen LogP contribution in [0.5, 0.6) is 0 Å². The molecule has 1 aromatic rings. The van der Waals surface area contributed by atoms with E-state index in [1.54, 1.807) is 0 Å². The first-order valence-electron chi connectivity index (χ1n) is 3.99. The highest BCUT2D eigenvalue weighted by Crippen LogP contribution is 2.09. The molecule has 1 heterocycles. The molecule has 2 heteroatoms. The van der Waals surface area contributed by atoms with Crippen LogP contribution in [0.15, 0.2) is 42.7 Å². The Bertz CT molecular complexity index is 325. The van der Waals surface area contributed by atoms with E-state index in [0.29, 0.717) is 0 Å². The zero-order valence-corrected chi connectivity index (χ0v) is 6.99. The Morgan fingerprint density at radius 1 is 1.25 bits per heavy atom. The molecule has 2 rings (SSSR count). The maximum Gasteiger partial charge on any atom is 0.349 e. The van der Waals surface area contributed by atoms with E-state index in [1.807, 2.05) is 42.2 Å². The lowest BCUT2D eigenvalue weighted by Crippen LogP contribution is -3.02. The predicted molar refractivity (Wildman–Crippen MR) is 47.4 cm³/mol. The van der Waals surface area contributed by atoms with Gasteiger partial charge in [-0.15, -0.1) is 0 Å². The zero-order valence-electron chi connectivity index (χ0n) is 6.99. The molecule has 2 nitrogen and oxygen atoms in total. The molecule has 0 fully saturated rings. The summed E-state index contributed by atoms with van der Waals surface area (Å²) in [7, 11) is 2.04. The Morgan fingerprint density at radius 3 is 2.58 bits per heavy atom. The van der Waals surface area contributed by atoms with Crippen LogP contribution in [0.1, 0.15) is 0 Å². The highest BCUT2D eigenvalue weighted by atomic mass is 15.2. The lowest BCUT2D eigenvalue weighted by Gasteiger charge is -1.98. The first-order chi connectivity index (χ1) is 5.86. The molecular formula is C10H11N2+. The maximum atomic E-state index is 3.21. The molecule has 1 aliphatic rings. The second-order valence-electron chi connectivity index (χ2n) is 2.82. The topological polar surface area (TPSA) is 7.45 Å². The number of nitrogens with zero attached hydrogens (tertiary/aromatic N) is 1. The maximum absolute atomic E-state index is 3.21. The van der Waals surface area contributed by atoms with Gasteiger partial charge in [-0.25, -0.2) is 0 Å². The van der Waals surface area contributed by atoms with Crippen molar-refractivity contribution in [3.63, 3.8) is 0 Å². The average molecular weight is 159 g/mol. The van der Waals surface area contributed by atoms with E-state index in [4.69, 9.17) is 0 Å². The van der Waals surface area contributed by atoms with E-state index < -0.39 is 0 Å². The van der Waals surface area contributed by atoms with Gasteiger partial charge in [0.05, 0.1) is 7.05 Å². The van der Waals surface area contributed by atoms with Crippen molar-refractivity contribution in [2.75, 3.05) is 7.05 Å². The van der Waals surface area contributed by atoms with E-state index in [2.05, 4.69) is 18.5 Å². The summed E-state index contributed by atoms with van der Waals surface area (Å²) in [5.74, 6) is 0. The number of nitrogens with one attached hydrogen (secondary N) is 1. The molecule has 0 amide bonds. The van der Waals surface area contributed by atoms with Crippen molar-refractivity contribution in [3.05, 3.63) is 42.7 Å². The third kappa shape index (κ3) is 1.29. The smallest absolute Gasteiger partial charge is 0.278 e. The minimum Gasteiger partial charge on any atom is -0.278 e. The fourth-order valence-corrected chi connectivity index (χ4v) is 1.19. The van der Waals surface area contributed by atoms with Crippen LogP contribution in [0.3, 0.4) is 0 Å². The molecule has 0 saturated carbocycles. The Kier molecular flexibility index (Phi) is 1.76. The minimum absolute atomic E-state index is 1.16. The molecule has 0 radical (unpaired) electrons. The summed E-state index contributed by atoms with van der Waals surface area (Å²) in [6.45, 7) is 0. The van der Waals surface area contributed by atoms with Gasteiger partial charge >= 0.3 is 6.34 Å². The van der Waals surface area contributed by atoms with Crippen LogP contribution in [-0.2, 0) is 0 Å². The lowest BCUT2D eigenvalue weighted by atomic mass is 10.3. The van der Waals surface area contributed by atoms with E-state index in [-0.39, 0.29) is 0 Å². The number of quaternary nitrogens is 1. The van der Waals surface area contributed by atoms with Crippen LogP contribution < -0.4 is 4.90 Å². The monoisotopic (exact) mass is 159 g/mol. The van der Waals surface area contributed by atoms with Crippen molar-refractivity contribution in [1.82, 2.24) is 0 Å². The first kappa shape index (κ1) is 7.25. The Labute approximate surface area is 72.1 Å². The Hall–Kier alpha value is -1.41. The molecule has 1 N–H and O–H groups in total. The van der Waals surface area contributed by atoms with E-state index >= 15 is 0 Å². The summed E-state index contributed by atoms with van der Waals surface area (Å²) in [5.41, 5.74) is 1.16. The van der Waals surface area contributed by atoms with Crippen LogP contribution >= 0.6 is 0 Å². The van der Waals surface area contributed by atoms with Crippen molar-refractivity contribution in [3.8, 4) is 0 Å². The van der Waals surface area contributed by atoms with Gasteiger partial charge in [0.25, 0.3) is 0 Å². The highest BCUT2D eigenvalue weighted by molar-refractivity contribution is 5.44. The minimum atomic E-state index is 1.16. The SMILES string of the molecule is C[NH+]1[C-]=[N+](c2ccccc2)C=C1. The second-order valence-corrected chi connectivity index (χ2v) is 2.82. The van der Waals surface area contributed by atoms with Crippen molar-refractivity contribution >= 4 is 12.0 Å². The van der Waals surface area contributed by atoms with Gasteiger partial charge in [0, 0.05) is 0 Å². The quantitative estimate of drug-likeness (QED) is 0.443. The van der Waals surface area contributed by atoms with Crippen LogP contribution in [0.2, 0.25) is 0 Å². The Balaban J connectivity index is 2.34. The normalized spacial score (nSPS) is 21.1. The predicted octanol–water partition coefficient (Wildman–Crippen LogP) is 0.235. The molecule has 60 valence electrons. The number of para-hydroxylation sites is 1. The van der Waals surface area contributed by atoms with Gasteiger partial charge in [0.2, 0.25) is 0 Å². The Morgan fingerprint density at radius 2 is 2.00 bits per heavy atom. The molecule has 1 aromatic carbocycles. The van der Waals surface area contributed by atoms with Crippen molar-refractivity contribution in [1.29, 1.82) is 0 Å². The van der Waals surface area contributed by atoms with Gasteiger partial charge < -0.3 is 0 Å². The average Bonchev–Trinajstić information content (AvgIpc) is 2.54. The van der Waals surface area contributed by atoms with Crippen LogP contribution in [0, 0.1) is 0 Å². The van der Waals surface area contributed by atoms with Gasteiger partial charge in [-0.05, 0) is 12.1 Å². The summed E-state index contributed by atoms with van der Waals surface area (Å²) in [6.07, 6.45) is 7.28. The second kappa shape index (κ2) is 2.91. The molecule has 0 spiro atoms. The fraction of sp³-hybridized carbons (Fsp3) is 0.100. The third-order valence-electron chi connectivity index (χ3n) is 1.80. The lowest BCUT2D eigenvalue weighted by molar-refractivity contribution is -0.721. The highest BCUT2D eigenvalue weighted by Gasteiger charge is 2.07. The molecule has 0 bridgehead atoms. The summed E-state index contributed by atoms with van der Waals surface area (Å²) < 4.78 is 2.00. The molecule has 1 aliphatic heterocycles.